The number of alkyl halides is 3. The highest BCUT2D eigenvalue weighted by Gasteiger charge is 2.31. The number of hydrogen-bond acceptors (Lipinski definition) is 6. The Labute approximate surface area is 175 Å². The topological polar surface area (TPSA) is 94.2 Å². The smallest absolute Gasteiger partial charge is 0.497 e. The van der Waals surface area contributed by atoms with Crippen molar-refractivity contribution in [3.05, 3.63) is 54.1 Å². The van der Waals surface area contributed by atoms with E-state index in [1.54, 1.807) is 24.3 Å². The second-order valence-electron chi connectivity index (χ2n) is 6.18. The van der Waals surface area contributed by atoms with Gasteiger partial charge < -0.3 is 24.4 Å². The quantitative estimate of drug-likeness (QED) is 0.635. The summed E-state index contributed by atoms with van der Waals surface area (Å²) in [6, 6.07) is 10.7. The van der Waals surface area contributed by atoms with Crippen LogP contribution in [0.3, 0.4) is 0 Å². The number of carbonyl (C=O) groups is 3. The molecule has 2 aromatic rings. The summed E-state index contributed by atoms with van der Waals surface area (Å²) in [7, 11) is 2.84. The van der Waals surface area contributed by atoms with Crippen LogP contribution in [0.2, 0.25) is 0 Å². The van der Waals surface area contributed by atoms with Crippen molar-refractivity contribution in [2.45, 2.75) is 6.36 Å². The number of nitrogens with zero attached hydrogens (tertiary/aromatic N) is 1. The van der Waals surface area contributed by atoms with E-state index >= 15 is 0 Å². The summed E-state index contributed by atoms with van der Waals surface area (Å²) >= 11 is 0. The van der Waals surface area contributed by atoms with Crippen molar-refractivity contribution in [3.8, 4) is 11.5 Å². The zero-order valence-corrected chi connectivity index (χ0v) is 16.6. The average molecular weight is 440 g/mol. The molecule has 0 aromatic heterocycles. The molecular weight excluding hydrogens is 421 g/mol. The molecule has 2 aromatic carbocycles. The van der Waals surface area contributed by atoms with E-state index < -0.39 is 36.5 Å². The Balaban J connectivity index is 1.81. The molecule has 166 valence electrons. The molecule has 0 unspecified atom stereocenters. The van der Waals surface area contributed by atoms with Gasteiger partial charge in [-0.15, -0.1) is 13.2 Å². The molecule has 0 saturated carbocycles. The van der Waals surface area contributed by atoms with Crippen LogP contribution >= 0.6 is 0 Å². The lowest BCUT2D eigenvalue weighted by molar-refractivity contribution is -0.274. The van der Waals surface area contributed by atoms with Crippen LogP contribution in [0.25, 0.3) is 0 Å². The van der Waals surface area contributed by atoms with Crippen LogP contribution in [-0.4, -0.2) is 56.4 Å². The Morgan fingerprint density at radius 2 is 1.71 bits per heavy atom. The van der Waals surface area contributed by atoms with Crippen molar-refractivity contribution in [3.63, 3.8) is 0 Å². The third kappa shape index (κ3) is 7.88. The van der Waals surface area contributed by atoms with E-state index in [4.69, 9.17) is 9.47 Å². The third-order valence-electron chi connectivity index (χ3n) is 3.81. The van der Waals surface area contributed by atoms with Gasteiger partial charge in [-0.1, -0.05) is 6.07 Å². The number of halogens is 3. The second-order valence-corrected chi connectivity index (χ2v) is 6.18. The first kappa shape index (κ1) is 23.5. The largest absolute Gasteiger partial charge is 0.573 e. The lowest BCUT2D eigenvalue weighted by Gasteiger charge is -2.17. The molecule has 0 radical (unpaired) electrons. The van der Waals surface area contributed by atoms with Crippen molar-refractivity contribution in [2.75, 3.05) is 32.6 Å². The van der Waals surface area contributed by atoms with Gasteiger partial charge in [0.2, 0.25) is 5.91 Å². The zero-order chi connectivity index (χ0) is 23.0. The fraction of sp³-hybridized carbons (Fsp3) is 0.250. The summed E-state index contributed by atoms with van der Waals surface area (Å²) in [6.45, 7) is -0.945. The number of carbonyl (C=O) groups excluding carboxylic acids is 3. The summed E-state index contributed by atoms with van der Waals surface area (Å²) in [4.78, 5) is 37.2. The molecule has 0 aliphatic carbocycles. The minimum Gasteiger partial charge on any atom is -0.497 e. The van der Waals surface area contributed by atoms with E-state index in [1.807, 2.05) is 0 Å². The molecule has 0 saturated heterocycles. The maximum Gasteiger partial charge on any atom is 0.573 e. The number of amides is 2. The van der Waals surface area contributed by atoms with Gasteiger partial charge in [-0.3, -0.25) is 9.59 Å². The van der Waals surface area contributed by atoms with Gasteiger partial charge in [0, 0.05) is 18.8 Å². The van der Waals surface area contributed by atoms with E-state index in [-0.39, 0.29) is 12.1 Å². The molecule has 0 atom stereocenters. The number of anilines is 1. The Kier molecular flexibility index (Phi) is 7.83. The van der Waals surface area contributed by atoms with Crippen molar-refractivity contribution in [2.24, 2.45) is 0 Å². The Morgan fingerprint density at radius 1 is 1.03 bits per heavy atom. The van der Waals surface area contributed by atoms with Gasteiger partial charge >= 0.3 is 12.3 Å². The van der Waals surface area contributed by atoms with Gasteiger partial charge in [-0.05, 0) is 36.4 Å². The molecule has 0 aliphatic rings. The van der Waals surface area contributed by atoms with Crippen LogP contribution in [0.1, 0.15) is 10.4 Å². The van der Waals surface area contributed by atoms with Gasteiger partial charge in [0.05, 0.1) is 19.2 Å². The number of nitrogens with one attached hydrogen (secondary N) is 1. The van der Waals surface area contributed by atoms with E-state index in [9.17, 15) is 27.6 Å². The van der Waals surface area contributed by atoms with E-state index in [0.29, 0.717) is 11.4 Å². The van der Waals surface area contributed by atoms with Crippen molar-refractivity contribution >= 4 is 23.5 Å². The fourth-order valence-electron chi connectivity index (χ4n) is 2.32. The van der Waals surface area contributed by atoms with Crippen LogP contribution in [0, 0.1) is 0 Å². The number of ether oxygens (including phenoxy) is 3. The van der Waals surface area contributed by atoms with Crippen LogP contribution in [0.15, 0.2) is 48.5 Å². The molecule has 2 amide bonds. The summed E-state index contributed by atoms with van der Waals surface area (Å²) in [5.41, 5.74) is 0.412. The minimum atomic E-state index is -4.85. The molecule has 0 heterocycles. The standard InChI is InChI=1S/C20H19F3N2O6/c1-25(11-17(26)24-14-4-3-5-16(10-14)29-2)18(27)12-30-19(28)13-6-8-15(9-7-13)31-20(21,22)23/h3-10H,11-12H2,1-2H3,(H,24,26). The molecular formula is C20H19F3N2O6. The number of hydrogen-bond donors (Lipinski definition) is 1. The summed E-state index contributed by atoms with van der Waals surface area (Å²) in [6.07, 6.45) is -4.85. The molecule has 0 fully saturated rings. The Morgan fingerprint density at radius 3 is 2.32 bits per heavy atom. The molecule has 1 N–H and O–H groups in total. The number of likely N-dealkylation sites (N-methyl/N-ethyl adjacent to an activating group) is 1. The SMILES string of the molecule is COc1cccc(NC(=O)CN(C)C(=O)COC(=O)c2ccc(OC(F)(F)F)cc2)c1. The fourth-order valence-corrected chi connectivity index (χ4v) is 2.32. The predicted octanol–water partition coefficient (Wildman–Crippen LogP) is 2.85. The maximum absolute atomic E-state index is 12.1. The van der Waals surface area contributed by atoms with E-state index in [2.05, 4.69) is 10.1 Å². The van der Waals surface area contributed by atoms with Crippen molar-refractivity contribution in [1.82, 2.24) is 4.90 Å². The highest BCUT2D eigenvalue weighted by Crippen LogP contribution is 2.23. The van der Waals surface area contributed by atoms with Crippen LogP contribution in [0.4, 0.5) is 18.9 Å². The van der Waals surface area contributed by atoms with Gasteiger partial charge in [0.1, 0.15) is 11.5 Å². The van der Waals surface area contributed by atoms with Crippen molar-refractivity contribution < 1.29 is 41.8 Å². The zero-order valence-electron chi connectivity index (χ0n) is 16.6. The summed E-state index contributed by atoms with van der Waals surface area (Å²) < 4.78 is 50.0. The van der Waals surface area contributed by atoms with Crippen molar-refractivity contribution in [1.29, 1.82) is 0 Å². The number of esters is 1. The Bertz CT molecular complexity index is 931. The lowest BCUT2D eigenvalue weighted by Crippen LogP contribution is -2.37. The molecule has 11 heteroatoms. The first-order chi connectivity index (χ1) is 14.6. The van der Waals surface area contributed by atoms with Gasteiger partial charge in [-0.2, -0.15) is 0 Å². The highest BCUT2D eigenvalue weighted by atomic mass is 19.4. The molecule has 31 heavy (non-hydrogen) atoms. The van der Waals surface area contributed by atoms with Gasteiger partial charge in [-0.25, -0.2) is 4.79 Å². The third-order valence-corrected chi connectivity index (χ3v) is 3.81. The molecule has 0 bridgehead atoms. The molecule has 0 aliphatic heterocycles. The molecule has 0 spiro atoms. The number of rotatable bonds is 8. The number of benzene rings is 2. The first-order valence-corrected chi connectivity index (χ1v) is 8.78. The van der Waals surface area contributed by atoms with Crippen LogP contribution in [-0.2, 0) is 14.3 Å². The van der Waals surface area contributed by atoms with E-state index in [0.717, 1.165) is 29.2 Å². The lowest BCUT2D eigenvalue weighted by atomic mass is 10.2. The molecule has 8 nitrogen and oxygen atoms in total. The maximum atomic E-state index is 12.1. The number of methoxy groups -OCH3 is 1. The highest BCUT2D eigenvalue weighted by molar-refractivity contribution is 5.95. The minimum absolute atomic E-state index is 0.0688. The van der Waals surface area contributed by atoms with E-state index in [1.165, 1.54) is 14.2 Å². The summed E-state index contributed by atoms with van der Waals surface area (Å²) in [5.74, 6) is -1.99. The normalized spacial score (nSPS) is 10.7. The monoisotopic (exact) mass is 440 g/mol. The van der Waals surface area contributed by atoms with Gasteiger partial charge in [0.25, 0.3) is 5.91 Å². The van der Waals surface area contributed by atoms with Crippen LogP contribution in [0.5, 0.6) is 11.5 Å². The Hall–Kier alpha value is -3.76. The second kappa shape index (κ2) is 10.3. The van der Waals surface area contributed by atoms with Gasteiger partial charge in [0.15, 0.2) is 6.61 Å². The molecule has 2 rings (SSSR count). The predicted molar refractivity (Wildman–Crippen MR) is 103 cm³/mol. The average Bonchev–Trinajstić information content (AvgIpc) is 2.71. The first-order valence-electron chi connectivity index (χ1n) is 8.78. The summed E-state index contributed by atoms with van der Waals surface area (Å²) in [5, 5.41) is 2.60. The van der Waals surface area contributed by atoms with Crippen LogP contribution < -0.4 is 14.8 Å².